The van der Waals surface area contributed by atoms with Gasteiger partial charge in [0.25, 0.3) is 0 Å². The van der Waals surface area contributed by atoms with Crippen LogP contribution in [0, 0.1) is 47.4 Å². The van der Waals surface area contributed by atoms with Gasteiger partial charge in [-0.05, 0) is 112 Å². The normalized spacial score (nSPS) is 20.8. The lowest BCUT2D eigenvalue weighted by atomic mass is 9.80. The minimum Gasteiger partial charge on any atom is -0.406 e. The first-order valence-corrected chi connectivity index (χ1v) is 18.2. The standard InChI is InChI=1S/C21H27F3O.C20H25F3O/c1-2-3-4-5-6-17-7-9-18(10-8-17)11-12-19-13-15-20(16-14-19)25-21(22,23)24;1-2-3-4-5-16-6-8-17(9-7-16)10-11-18-12-14-19(15-13-18)24-20(21,22)23/h13-18H,2-10H2,1H3;12-17H,2-9H2,1H3. The van der Waals surface area contributed by atoms with E-state index in [1.165, 1.54) is 108 Å². The number of halogens is 6. The van der Waals surface area contributed by atoms with E-state index in [0.717, 1.165) is 48.6 Å². The van der Waals surface area contributed by atoms with Gasteiger partial charge < -0.3 is 9.47 Å². The molecule has 0 bridgehead atoms. The zero-order valence-corrected chi connectivity index (χ0v) is 29.0. The van der Waals surface area contributed by atoms with Gasteiger partial charge in [-0.2, -0.15) is 0 Å². The maximum Gasteiger partial charge on any atom is 0.573 e. The summed E-state index contributed by atoms with van der Waals surface area (Å²) in [7, 11) is 0. The third-order valence-corrected chi connectivity index (χ3v) is 9.39. The number of unbranched alkanes of at least 4 members (excludes halogenated alkanes) is 5. The average molecular weight is 691 g/mol. The molecular formula is C41H52F6O2. The predicted octanol–water partition coefficient (Wildman–Crippen LogP) is 13.0. The Labute approximate surface area is 289 Å². The molecule has 49 heavy (non-hydrogen) atoms. The zero-order chi connectivity index (χ0) is 35.5. The van der Waals surface area contributed by atoms with Crippen LogP contribution in [0.25, 0.3) is 0 Å². The minimum absolute atomic E-state index is 0.207. The SMILES string of the molecule is CCCCCC1CCC(C#Cc2ccc(OC(F)(F)F)cc2)CC1.CCCCCCC1CCC(C#Cc2ccc(OC(F)(F)F)cc2)CC1. The number of benzene rings is 2. The van der Waals surface area contributed by atoms with Gasteiger partial charge in [0.05, 0.1) is 0 Å². The van der Waals surface area contributed by atoms with Gasteiger partial charge in [0.1, 0.15) is 11.5 Å². The number of hydrogen-bond donors (Lipinski definition) is 0. The van der Waals surface area contributed by atoms with Crippen LogP contribution in [-0.4, -0.2) is 12.7 Å². The fourth-order valence-electron chi connectivity index (χ4n) is 6.58. The molecule has 2 aromatic rings. The van der Waals surface area contributed by atoms with Crippen LogP contribution in [0.5, 0.6) is 11.5 Å². The molecule has 270 valence electrons. The zero-order valence-electron chi connectivity index (χ0n) is 29.0. The fourth-order valence-corrected chi connectivity index (χ4v) is 6.58. The first kappa shape index (κ1) is 40.2. The van der Waals surface area contributed by atoms with E-state index in [1.54, 1.807) is 24.3 Å². The lowest BCUT2D eigenvalue weighted by Gasteiger charge is -2.25. The molecule has 4 rings (SSSR count). The molecule has 0 spiro atoms. The van der Waals surface area contributed by atoms with Crippen molar-refractivity contribution < 1.29 is 35.8 Å². The van der Waals surface area contributed by atoms with Gasteiger partial charge in [-0.3, -0.25) is 0 Å². The largest absolute Gasteiger partial charge is 0.573 e. The Morgan fingerprint density at radius 3 is 1.20 bits per heavy atom. The van der Waals surface area contributed by atoms with Crippen LogP contribution >= 0.6 is 0 Å². The Bertz CT molecular complexity index is 1310. The molecule has 0 heterocycles. The maximum atomic E-state index is 12.1. The highest BCUT2D eigenvalue weighted by Gasteiger charge is 2.31. The maximum absolute atomic E-state index is 12.1. The van der Waals surface area contributed by atoms with Crippen molar-refractivity contribution in [1.82, 2.24) is 0 Å². The molecule has 2 saturated carbocycles. The molecule has 2 nitrogen and oxygen atoms in total. The van der Waals surface area contributed by atoms with Crippen LogP contribution in [0.4, 0.5) is 26.3 Å². The van der Waals surface area contributed by atoms with E-state index in [2.05, 4.69) is 47.0 Å². The summed E-state index contributed by atoms with van der Waals surface area (Å²) in [4.78, 5) is 0. The molecule has 0 N–H and O–H groups in total. The minimum atomic E-state index is -4.65. The van der Waals surface area contributed by atoms with Gasteiger partial charge in [-0.15, -0.1) is 26.3 Å². The lowest BCUT2D eigenvalue weighted by molar-refractivity contribution is -0.275. The highest BCUT2D eigenvalue weighted by atomic mass is 19.4. The Kier molecular flexibility index (Phi) is 17.3. The van der Waals surface area contributed by atoms with E-state index >= 15 is 0 Å². The van der Waals surface area contributed by atoms with Crippen LogP contribution in [-0.2, 0) is 0 Å². The van der Waals surface area contributed by atoms with Crippen molar-refractivity contribution in [3.63, 3.8) is 0 Å². The van der Waals surface area contributed by atoms with Crippen LogP contribution < -0.4 is 9.47 Å². The summed E-state index contributed by atoms with van der Waals surface area (Å²) in [6.07, 6.45) is 12.2. The van der Waals surface area contributed by atoms with Gasteiger partial charge in [-0.25, -0.2) is 0 Å². The van der Waals surface area contributed by atoms with Gasteiger partial charge >= 0.3 is 12.7 Å². The van der Waals surface area contributed by atoms with E-state index < -0.39 is 12.7 Å². The molecule has 0 saturated heterocycles. The molecule has 0 aliphatic heterocycles. The van der Waals surface area contributed by atoms with Crippen molar-refractivity contribution in [2.75, 3.05) is 0 Å². The van der Waals surface area contributed by atoms with Crippen molar-refractivity contribution in [2.24, 2.45) is 23.7 Å². The van der Waals surface area contributed by atoms with Gasteiger partial charge in [0.2, 0.25) is 0 Å². The summed E-state index contributed by atoms with van der Waals surface area (Å²) in [6, 6.07) is 11.5. The third kappa shape index (κ3) is 17.8. The van der Waals surface area contributed by atoms with Gasteiger partial charge in [0.15, 0.2) is 0 Å². The van der Waals surface area contributed by atoms with Crippen molar-refractivity contribution in [2.45, 2.75) is 136 Å². The average Bonchev–Trinajstić information content (AvgIpc) is 3.06. The molecule has 0 radical (unpaired) electrons. The number of alkyl halides is 6. The van der Waals surface area contributed by atoms with Crippen LogP contribution in [0.2, 0.25) is 0 Å². The van der Waals surface area contributed by atoms with E-state index in [-0.39, 0.29) is 11.5 Å². The van der Waals surface area contributed by atoms with Crippen molar-refractivity contribution in [3.05, 3.63) is 59.7 Å². The van der Waals surface area contributed by atoms with Crippen LogP contribution in [0.1, 0.15) is 134 Å². The molecule has 0 unspecified atom stereocenters. The number of rotatable bonds is 11. The van der Waals surface area contributed by atoms with E-state index in [0.29, 0.717) is 11.8 Å². The molecule has 2 fully saturated rings. The fraction of sp³-hybridized carbons (Fsp3) is 0.610. The summed E-state index contributed by atoms with van der Waals surface area (Å²) in [5, 5.41) is 0. The second-order valence-corrected chi connectivity index (χ2v) is 13.5. The monoisotopic (exact) mass is 690 g/mol. The van der Waals surface area contributed by atoms with E-state index in [1.807, 2.05) is 0 Å². The Morgan fingerprint density at radius 2 is 0.857 bits per heavy atom. The Morgan fingerprint density at radius 1 is 0.510 bits per heavy atom. The smallest absolute Gasteiger partial charge is 0.406 e. The van der Waals surface area contributed by atoms with Gasteiger partial charge in [0, 0.05) is 23.0 Å². The van der Waals surface area contributed by atoms with Crippen molar-refractivity contribution in [3.8, 4) is 35.2 Å². The Hall–Kier alpha value is -3.26. The first-order valence-electron chi connectivity index (χ1n) is 18.2. The summed E-state index contributed by atoms with van der Waals surface area (Å²) < 4.78 is 80.4. The summed E-state index contributed by atoms with van der Waals surface area (Å²) in [5.41, 5.74) is 1.46. The predicted molar refractivity (Wildman–Crippen MR) is 184 cm³/mol. The topological polar surface area (TPSA) is 18.5 Å². The number of ether oxygens (including phenoxy) is 2. The second-order valence-electron chi connectivity index (χ2n) is 13.5. The molecule has 2 aliphatic rings. The summed E-state index contributed by atoms with van der Waals surface area (Å²) >= 11 is 0. The highest BCUT2D eigenvalue weighted by Crippen LogP contribution is 2.33. The highest BCUT2D eigenvalue weighted by molar-refractivity contribution is 5.39. The Balaban J connectivity index is 0.000000266. The quantitative estimate of drug-likeness (QED) is 0.133. The lowest BCUT2D eigenvalue weighted by Crippen LogP contribution is -2.17. The molecule has 0 aromatic heterocycles. The van der Waals surface area contributed by atoms with E-state index in [4.69, 9.17) is 0 Å². The molecule has 2 aromatic carbocycles. The van der Waals surface area contributed by atoms with E-state index in [9.17, 15) is 26.3 Å². The molecule has 0 atom stereocenters. The second kappa shape index (κ2) is 21.1. The molecular weight excluding hydrogens is 638 g/mol. The molecule has 8 heteroatoms. The molecule has 0 amide bonds. The van der Waals surface area contributed by atoms with Gasteiger partial charge in [-0.1, -0.05) is 95.3 Å². The molecule has 2 aliphatic carbocycles. The third-order valence-electron chi connectivity index (χ3n) is 9.39. The van der Waals surface area contributed by atoms with Crippen LogP contribution in [0.3, 0.4) is 0 Å². The first-order chi connectivity index (χ1) is 23.4. The summed E-state index contributed by atoms with van der Waals surface area (Å²) in [6.45, 7) is 4.47. The van der Waals surface area contributed by atoms with Crippen LogP contribution in [0.15, 0.2) is 48.5 Å². The van der Waals surface area contributed by atoms with Crippen molar-refractivity contribution in [1.29, 1.82) is 0 Å². The number of hydrogen-bond acceptors (Lipinski definition) is 2. The summed E-state index contributed by atoms with van der Waals surface area (Å²) in [5.74, 6) is 14.9. The van der Waals surface area contributed by atoms with Crippen molar-refractivity contribution >= 4 is 0 Å².